The maximum atomic E-state index is 5.91. The molecule has 0 aliphatic heterocycles. The van der Waals surface area contributed by atoms with Crippen LogP contribution in [-0.2, 0) is 13.2 Å². The van der Waals surface area contributed by atoms with Crippen molar-refractivity contribution in [2.45, 2.75) is 13.2 Å². The van der Waals surface area contributed by atoms with Crippen molar-refractivity contribution in [2.24, 2.45) is 0 Å². The summed E-state index contributed by atoms with van der Waals surface area (Å²) >= 11 is 0. The van der Waals surface area contributed by atoms with Gasteiger partial charge in [-0.15, -0.1) is 0 Å². The van der Waals surface area contributed by atoms with E-state index in [9.17, 15) is 0 Å². The normalized spacial score (nSPS) is 10.4. The van der Waals surface area contributed by atoms with Crippen LogP contribution < -0.4 is 9.47 Å². The largest absolute Gasteiger partial charge is 0.489 e. The minimum atomic E-state index is 0.606. The highest BCUT2D eigenvalue weighted by Crippen LogP contribution is 2.26. The Kier molecular flexibility index (Phi) is 7.55. The van der Waals surface area contributed by atoms with Crippen molar-refractivity contribution < 1.29 is 9.47 Å². The lowest BCUT2D eigenvalue weighted by molar-refractivity contribution is 0.306. The average molecular weight is 469 g/mol. The van der Waals surface area contributed by atoms with Gasteiger partial charge in [-0.25, -0.2) is 0 Å². The van der Waals surface area contributed by atoms with Crippen LogP contribution in [0.5, 0.6) is 11.5 Å². The first-order valence-electron chi connectivity index (χ1n) is 12.2. The van der Waals surface area contributed by atoms with Crippen LogP contribution in [0.1, 0.15) is 11.1 Å². The van der Waals surface area contributed by atoms with Gasteiger partial charge in [-0.1, -0.05) is 127 Å². The lowest BCUT2D eigenvalue weighted by Gasteiger charge is -2.09. The van der Waals surface area contributed by atoms with Gasteiger partial charge >= 0.3 is 0 Å². The van der Waals surface area contributed by atoms with E-state index >= 15 is 0 Å². The molecule has 0 aromatic heterocycles. The zero-order chi connectivity index (χ0) is 24.4. The van der Waals surface area contributed by atoms with Crippen molar-refractivity contribution in [1.29, 1.82) is 0 Å². The summed E-state index contributed by atoms with van der Waals surface area (Å²) in [5.41, 5.74) is 2.37. The predicted molar refractivity (Wildman–Crippen MR) is 149 cm³/mol. The quantitative estimate of drug-likeness (QED) is 0.243. The predicted octanol–water partition coefficient (Wildman–Crippen LogP) is 8.84. The number of fused-ring (bicyclic) bond motifs is 2. The molecule has 0 aliphatic rings. The topological polar surface area (TPSA) is 18.5 Å². The Morgan fingerprint density at radius 2 is 0.944 bits per heavy atom. The third-order valence-corrected chi connectivity index (χ3v) is 5.96. The van der Waals surface area contributed by atoms with Gasteiger partial charge < -0.3 is 9.47 Å². The smallest absolute Gasteiger partial charge is 0.127 e. The monoisotopic (exact) mass is 468 g/mol. The molecule has 0 unspecified atom stereocenters. The Bertz CT molecular complexity index is 1510. The van der Waals surface area contributed by atoms with Crippen LogP contribution >= 0.6 is 0 Å². The third-order valence-electron chi connectivity index (χ3n) is 5.96. The molecule has 0 N–H and O–H groups in total. The summed E-state index contributed by atoms with van der Waals surface area (Å²) in [5.74, 6) is 1.86. The van der Waals surface area contributed by atoms with E-state index in [4.69, 9.17) is 9.47 Å². The highest BCUT2D eigenvalue weighted by Gasteiger charge is 2.01. The van der Waals surface area contributed by atoms with Crippen LogP contribution in [-0.4, -0.2) is 0 Å². The molecule has 0 aliphatic carbocycles. The van der Waals surface area contributed by atoms with E-state index in [2.05, 4.69) is 66.7 Å². The van der Waals surface area contributed by atoms with Crippen LogP contribution in [0.3, 0.4) is 0 Å². The highest BCUT2D eigenvalue weighted by molar-refractivity contribution is 5.88. The second kappa shape index (κ2) is 11.7. The number of hydrogen-bond donors (Lipinski definition) is 0. The van der Waals surface area contributed by atoms with Gasteiger partial charge in [0, 0.05) is 5.39 Å². The first-order chi connectivity index (χ1) is 17.8. The van der Waals surface area contributed by atoms with E-state index in [0.717, 1.165) is 16.9 Å². The maximum absolute atomic E-state index is 5.91. The van der Waals surface area contributed by atoms with E-state index in [0.29, 0.717) is 13.2 Å². The van der Waals surface area contributed by atoms with Crippen molar-refractivity contribution in [3.05, 3.63) is 157 Å². The fraction of sp³-hybridized carbons (Fsp3) is 0.0588. The Labute approximate surface area is 212 Å². The molecule has 36 heavy (non-hydrogen) atoms. The molecule has 0 amide bonds. The van der Waals surface area contributed by atoms with Crippen molar-refractivity contribution in [1.82, 2.24) is 0 Å². The van der Waals surface area contributed by atoms with Gasteiger partial charge in [0.25, 0.3) is 0 Å². The molecule has 2 nitrogen and oxygen atoms in total. The Morgan fingerprint density at radius 1 is 0.389 bits per heavy atom. The van der Waals surface area contributed by atoms with E-state index in [1.165, 1.54) is 27.3 Å². The summed E-state index contributed by atoms with van der Waals surface area (Å²) in [5, 5.41) is 4.83. The molecule has 6 aromatic carbocycles. The molecule has 0 saturated carbocycles. The third kappa shape index (κ3) is 6.11. The molecule has 0 fully saturated rings. The fourth-order valence-electron chi connectivity index (χ4n) is 4.05. The minimum absolute atomic E-state index is 0.606. The average Bonchev–Trinajstić information content (AvgIpc) is 2.96. The van der Waals surface area contributed by atoms with Crippen molar-refractivity contribution in [3.8, 4) is 11.5 Å². The molecular formula is C34H28O2. The van der Waals surface area contributed by atoms with Gasteiger partial charge in [0.05, 0.1) is 0 Å². The molecule has 2 heteroatoms. The Hall–Kier alpha value is -4.56. The van der Waals surface area contributed by atoms with Crippen LogP contribution in [0.4, 0.5) is 0 Å². The molecule has 0 atom stereocenters. The number of benzene rings is 6. The van der Waals surface area contributed by atoms with Crippen LogP contribution in [0.2, 0.25) is 0 Å². The standard InChI is InChI=1S/2C17H14O/c1-2-7-14(8-3-1)13-18-17-12-6-10-15-9-4-5-11-16(15)17;1-2-6-14(7-3-1)13-18-17-11-10-15-8-4-5-9-16(15)12-17/h2*1-12H,13H2. The van der Waals surface area contributed by atoms with Crippen LogP contribution in [0, 0.1) is 0 Å². The summed E-state index contributed by atoms with van der Waals surface area (Å²) in [6, 6.07) is 49.4. The summed E-state index contributed by atoms with van der Waals surface area (Å²) in [4.78, 5) is 0. The van der Waals surface area contributed by atoms with E-state index in [1.807, 2.05) is 78.9 Å². The Balaban J connectivity index is 0.000000148. The molecule has 0 saturated heterocycles. The zero-order valence-electron chi connectivity index (χ0n) is 20.1. The minimum Gasteiger partial charge on any atom is -0.489 e. The highest BCUT2D eigenvalue weighted by atomic mass is 16.5. The molecule has 0 bridgehead atoms. The number of ether oxygens (including phenoxy) is 2. The SMILES string of the molecule is c1ccc(COc2ccc3ccccc3c2)cc1.c1ccc(COc2cccc3ccccc23)cc1. The zero-order valence-corrected chi connectivity index (χ0v) is 20.1. The van der Waals surface area contributed by atoms with Crippen LogP contribution in [0.25, 0.3) is 21.5 Å². The lowest BCUT2D eigenvalue weighted by Crippen LogP contribution is -1.95. The fourth-order valence-corrected chi connectivity index (χ4v) is 4.05. The molecule has 6 rings (SSSR count). The first kappa shape index (κ1) is 23.2. The molecular weight excluding hydrogens is 440 g/mol. The number of rotatable bonds is 6. The second-order valence-corrected chi connectivity index (χ2v) is 8.53. The summed E-state index contributed by atoms with van der Waals surface area (Å²) in [6.07, 6.45) is 0. The van der Waals surface area contributed by atoms with Gasteiger partial charge in [0.15, 0.2) is 0 Å². The maximum Gasteiger partial charge on any atom is 0.127 e. The molecule has 6 aromatic rings. The first-order valence-corrected chi connectivity index (χ1v) is 12.2. The van der Waals surface area contributed by atoms with Gasteiger partial charge in [-0.3, -0.25) is 0 Å². The van der Waals surface area contributed by atoms with Gasteiger partial charge in [-0.2, -0.15) is 0 Å². The van der Waals surface area contributed by atoms with E-state index in [1.54, 1.807) is 0 Å². The van der Waals surface area contributed by atoms with Crippen molar-refractivity contribution in [2.75, 3.05) is 0 Å². The van der Waals surface area contributed by atoms with Gasteiger partial charge in [0.2, 0.25) is 0 Å². The molecule has 176 valence electrons. The van der Waals surface area contributed by atoms with Crippen LogP contribution in [0.15, 0.2) is 146 Å². The second-order valence-electron chi connectivity index (χ2n) is 8.53. The molecule has 0 heterocycles. The lowest BCUT2D eigenvalue weighted by atomic mass is 10.1. The molecule has 0 spiro atoms. The van der Waals surface area contributed by atoms with Gasteiger partial charge in [0.1, 0.15) is 24.7 Å². The summed E-state index contributed by atoms with van der Waals surface area (Å²) in [7, 11) is 0. The van der Waals surface area contributed by atoms with Gasteiger partial charge in [-0.05, 0) is 45.5 Å². The molecule has 0 radical (unpaired) electrons. The summed E-state index contributed by atoms with van der Waals surface area (Å²) in [6.45, 7) is 1.22. The van der Waals surface area contributed by atoms with E-state index < -0.39 is 0 Å². The van der Waals surface area contributed by atoms with Crippen molar-refractivity contribution in [3.63, 3.8) is 0 Å². The summed E-state index contributed by atoms with van der Waals surface area (Å²) < 4.78 is 11.7. The Morgan fingerprint density at radius 3 is 1.67 bits per heavy atom. The number of hydrogen-bond acceptors (Lipinski definition) is 2. The van der Waals surface area contributed by atoms with Crippen molar-refractivity contribution >= 4 is 21.5 Å². The van der Waals surface area contributed by atoms with E-state index in [-0.39, 0.29) is 0 Å².